The molecule has 1 aliphatic rings. The Morgan fingerprint density at radius 1 is 1.26 bits per heavy atom. The van der Waals surface area contributed by atoms with E-state index in [1.807, 2.05) is 23.9 Å². The highest BCUT2D eigenvalue weighted by atomic mass is 32.1. The average molecular weight is 277 g/mol. The summed E-state index contributed by atoms with van der Waals surface area (Å²) in [6.45, 7) is 8.09. The minimum atomic E-state index is 0.129. The van der Waals surface area contributed by atoms with Crippen molar-refractivity contribution in [2.24, 2.45) is 0 Å². The van der Waals surface area contributed by atoms with Crippen molar-refractivity contribution in [1.29, 1.82) is 0 Å². The van der Waals surface area contributed by atoms with Gasteiger partial charge in [0.25, 0.3) is 5.56 Å². The molecule has 0 N–H and O–H groups in total. The van der Waals surface area contributed by atoms with Crippen LogP contribution in [0.4, 0.5) is 0 Å². The molecule has 0 amide bonds. The largest absolute Gasteiger partial charge is 0.302 e. The molecule has 0 spiro atoms. The second-order valence-electron chi connectivity index (χ2n) is 5.31. The average Bonchev–Trinajstić information content (AvgIpc) is 2.95. The molecule has 3 heterocycles. The zero-order valence-corrected chi connectivity index (χ0v) is 12.3. The van der Waals surface area contributed by atoms with Crippen LogP contribution in [0.3, 0.4) is 0 Å². The van der Waals surface area contributed by atoms with Crippen LogP contribution in [0.15, 0.2) is 10.9 Å². The van der Waals surface area contributed by atoms with Gasteiger partial charge >= 0.3 is 0 Å². The van der Waals surface area contributed by atoms with E-state index in [1.165, 1.54) is 37.5 Å². The molecule has 1 saturated heterocycles. The summed E-state index contributed by atoms with van der Waals surface area (Å²) in [6, 6.07) is 1.99. The molecule has 0 unspecified atom stereocenters. The topological polar surface area (TPSA) is 38.1 Å². The summed E-state index contributed by atoms with van der Waals surface area (Å²) in [7, 11) is 0. The van der Waals surface area contributed by atoms with Crippen molar-refractivity contribution in [1.82, 2.24) is 13.8 Å². The number of rotatable bonds is 3. The van der Waals surface area contributed by atoms with Gasteiger partial charge in [0.1, 0.15) is 4.83 Å². The first-order valence-electron chi connectivity index (χ1n) is 6.85. The lowest BCUT2D eigenvalue weighted by molar-refractivity contribution is 0.326. The van der Waals surface area contributed by atoms with Gasteiger partial charge in [0.05, 0.1) is 5.39 Å². The fraction of sp³-hybridized carbons (Fsp3) is 0.571. The Hall–Kier alpha value is -1.20. The van der Waals surface area contributed by atoms with Crippen molar-refractivity contribution in [3.8, 4) is 0 Å². The van der Waals surface area contributed by atoms with Crippen LogP contribution in [0.1, 0.15) is 24.1 Å². The highest BCUT2D eigenvalue weighted by Crippen LogP contribution is 2.19. The van der Waals surface area contributed by atoms with Crippen LogP contribution in [0.5, 0.6) is 0 Å². The molecule has 0 saturated carbocycles. The third-order valence-corrected chi connectivity index (χ3v) is 4.80. The summed E-state index contributed by atoms with van der Waals surface area (Å²) in [6.07, 6.45) is 2.59. The zero-order valence-electron chi connectivity index (χ0n) is 11.5. The smallest absolute Gasteiger partial charge is 0.270 e. The number of pyridine rings is 1. The summed E-state index contributed by atoms with van der Waals surface area (Å²) in [5.74, 6) is 0. The van der Waals surface area contributed by atoms with Crippen LogP contribution in [-0.4, -0.2) is 33.5 Å². The van der Waals surface area contributed by atoms with Gasteiger partial charge in [0.15, 0.2) is 0 Å². The number of likely N-dealkylation sites (tertiary alicyclic amines) is 1. The molecular formula is C14H19N3OS. The molecule has 2 aromatic rings. The molecule has 19 heavy (non-hydrogen) atoms. The van der Waals surface area contributed by atoms with Gasteiger partial charge in [-0.25, -0.2) is 4.98 Å². The van der Waals surface area contributed by atoms with Gasteiger partial charge in [-0.15, -0.1) is 0 Å². The molecule has 5 heteroatoms. The lowest BCUT2D eigenvalue weighted by atomic mass is 10.2. The van der Waals surface area contributed by atoms with E-state index in [9.17, 15) is 4.79 Å². The van der Waals surface area contributed by atoms with Crippen LogP contribution >= 0.6 is 11.5 Å². The van der Waals surface area contributed by atoms with Crippen molar-refractivity contribution in [2.45, 2.75) is 33.2 Å². The van der Waals surface area contributed by atoms with E-state index in [0.29, 0.717) is 0 Å². The third kappa shape index (κ3) is 2.44. The van der Waals surface area contributed by atoms with Crippen LogP contribution in [0.2, 0.25) is 0 Å². The second-order valence-corrected chi connectivity index (χ2v) is 6.32. The maximum atomic E-state index is 12.4. The highest BCUT2D eigenvalue weighted by molar-refractivity contribution is 7.13. The lowest BCUT2D eigenvalue weighted by Crippen LogP contribution is -2.26. The predicted octanol–water partition coefficient (Wildman–Crippen LogP) is 2.17. The van der Waals surface area contributed by atoms with Crippen LogP contribution < -0.4 is 5.56 Å². The van der Waals surface area contributed by atoms with E-state index in [2.05, 4.69) is 9.88 Å². The van der Waals surface area contributed by atoms with Crippen molar-refractivity contribution in [3.05, 3.63) is 27.7 Å². The number of nitrogens with zero attached hydrogens (tertiary/aromatic N) is 3. The van der Waals surface area contributed by atoms with Gasteiger partial charge in [-0.2, -0.15) is 0 Å². The quantitative estimate of drug-likeness (QED) is 0.863. The molecule has 4 nitrogen and oxygen atoms in total. The summed E-state index contributed by atoms with van der Waals surface area (Å²) in [5.41, 5.74) is 2.16. The summed E-state index contributed by atoms with van der Waals surface area (Å²) in [4.78, 5) is 20.2. The van der Waals surface area contributed by atoms with Crippen molar-refractivity contribution in [3.63, 3.8) is 0 Å². The van der Waals surface area contributed by atoms with Crippen LogP contribution in [0, 0.1) is 13.8 Å². The van der Waals surface area contributed by atoms with E-state index in [-0.39, 0.29) is 5.56 Å². The van der Waals surface area contributed by atoms with Gasteiger partial charge in [0, 0.05) is 18.8 Å². The van der Waals surface area contributed by atoms with Crippen molar-refractivity contribution < 1.29 is 0 Å². The maximum absolute atomic E-state index is 12.4. The minimum Gasteiger partial charge on any atom is -0.302 e. The number of aromatic nitrogens is 2. The SMILES string of the molecule is Cc1cc(C)c2c(=O)n(CCN3CCCC3)sc2n1. The number of hydrogen-bond acceptors (Lipinski definition) is 4. The Morgan fingerprint density at radius 2 is 2.00 bits per heavy atom. The molecule has 0 aromatic carbocycles. The van der Waals surface area contributed by atoms with Gasteiger partial charge < -0.3 is 4.90 Å². The summed E-state index contributed by atoms with van der Waals surface area (Å²) in [5, 5.41) is 0.803. The first kappa shape index (κ1) is 12.8. The Kier molecular flexibility index (Phi) is 3.41. The monoisotopic (exact) mass is 277 g/mol. The van der Waals surface area contributed by atoms with Gasteiger partial charge in [-0.05, 0) is 62.9 Å². The fourth-order valence-electron chi connectivity index (χ4n) is 2.78. The lowest BCUT2D eigenvalue weighted by Gasteiger charge is -2.13. The Bertz CT molecular complexity index is 652. The fourth-order valence-corrected chi connectivity index (χ4v) is 3.87. The molecule has 0 atom stereocenters. The molecule has 1 fully saturated rings. The molecule has 2 aromatic heterocycles. The first-order chi connectivity index (χ1) is 9.15. The molecule has 3 rings (SSSR count). The third-order valence-electron chi connectivity index (χ3n) is 3.77. The first-order valence-corrected chi connectivity index (χ1v) is 7.63. The summed E-state index contributed by atoms with van der Waals surface area (Å²) >= 11 is 1.50. The van der Waals surface area contributed by atoms with Gasteiger partial charge in [0.2, 0.25) is 0 Å². The predicted molar refractivity (Wildman–Crippen MR) is 79.0 cm³/mol. The zero-order chi connectivity index (χ0) is 13.4. The minimum absolute atomic E-state index is 0.129. The normalized spacial score (nSPS) is 16.5. The molecule has 0 aliphatic carbocycles. The Morgan fingerprint density at radius 3 is 2.74 bits per heavy atom. The van der Waals surface area contributed by atoms with Gasteiger partial charge in [-0.3, -0.25) is 8.75 Å². The number of hydrogen-bond donors (Lipinski definition) is 0. The van der Waals surface area contributed by atoms with Crippen LogP contribution in [-0.2, 0) is 6.54 Å². The number of aryl methyl sites for hydroxylation is 2. The van der Waals surface area contributed by atoms with E-state index in [1.54, 1.807) is 0 Å². The molecule has 1 aliphatic heterocycles. The molecule has 0 radical (unpaired) electrons. The summed E-state index contributed by atoms with van der Waals surface area (Å²) < 4.78 is 1.86. The van der Waals surface area contributed by atoms with E-state index in [0.717, 1.165) is 34.6 Å². The van der Waals surface area contributed by atoms with E-state index in [4.69, 9.17) is 0 Å². The molecule has 0 bridgehead atoms. The van der Waals surface area contributed by atoms with E-state index < -0.39 is 0 Å². The molecule has 102 valence electrons. The van der Waals surface area contributed by atoms with E-state index >= 15 is 0 Å². The van der Waals surface area contributed by atoms with Gasteiger partial charge in [-0.1, -0.05) is 0 Å². The van der Waals surface area contributed by atoms with Crippen molar-refractivity contribution in [2.75, 3.05) is 19.6 Å². The number of fused-ring (bicyclic) bond motifs is 1. The highest BCUT2D eigenvalue weighted by Gasteiger charge is 2.14. The Balaban J connectivity index is 1.89. The van der Waals surface area contributed by atoms with Crippen molar-refractivity contribution >= 4 is 21.7 Å². The maximum Gasteiger partial charge on any atom is 0.270 e. The van der Waals surface area contributed by atoms with Crippen LogP contribution in [0.25, 0.3) is 10.2 Å². The molecular weight excluding hydrogens is 258 g/mol. The second kappa shape index (κ2) is 5.06. The standard InChI is InChI=1S/C14H19N3OS/c1-10-9-11(2)15-13-12(10)14(18)17(19-13)8-7-16-5-3-4-6-16/h9H,3-8H2,1-2H3. The Labute approximate surface area is 116 Å².